The molecular weight excluding hydrogens is 264 g/mol. The molecule has 0 saturated heterocycles. The highest BCUT2D eigenvalue weighted by Crippen LogP contribution is 2.23. The second-order valence-corrected chi connectivity index (χ2v) is 6.27. The number of ether oxygens (including phenoxy) is 1. The number of ketones is 1. The second kappa shape index (κ2) is 12.2. The molecule has 0 rings (SSSR count). The Morgan fingerprint density at radius 3 is 2.38 bits per heavy atom. The molecule has 21 heavy (non-hydrogen) atoms. The molecule has 0 radical (unpaired) electrons. The van der Waals surface area contributed by atoms with E-state index in [0.717, 1.165) is 32.1 Å². The number of carbonyl (C=O) groups is 1. The van der Waals surface area contributed by atoms with Crippen LogP contribution in [0.1, 0.15) is 85.5 Å². The fraction of sp³-hybridized carbons (Fsp3) is 0.944. The molecule has 0 spiro atoms. The minimum Gasteiger partial charge on any atom is -0.396 e. The molecule has 0 aliphatic heterocycles. The van der Waals surface area contributed by atoms with E-state index in [1.54, 1.807) is 0 Å². The van der Waals surface area contributed by atoms with Crippen LogP contribution in [0.4, 0.5) is 0 Å². The van der Waals surface area contributed by atoms with E-state index in [9.17, 15) is 4.79 Å². The van der Waals surface area contributed by atoms with Gasteiger partial charge in [-0.2, -0.15) is 0 Å². The van der Waals surface area contributed by atoms with Crippen LogP contribution >= 0.6 is 0 Å². The molecule has 0 aliphatic rings. The third-order valence-electron chi connectivity index (χ3n) is 4.51. The maximum absolute atomic E-state index is 12.4. The van der Waals surface area contributed by atoms with Crippen molar-refractivity contribution in [2.24, 2.45) is 5.92 Å². The van der Waals surface area contributed by atoms with Crippen molar-refractivity contribution >= 4 is 5.78 Å². The number of Topliss-reactive ketones (excluding diaryl/α,β-unsaturated/α-hetero) is 1. The van der Waals surface area contributed by atoms with Gasteiger partial charge in [-0.3, -0.25) is 4.79 Å². The van der Waals surface area contributed by atoms with Crippen LogP contribution in [0, 0.1) is 5.92 Å². The Kier molecular flexibility index (Phi) is 11.9. The lowest BCUT2D eigenvalue weighted by Crippen LogP contribution is -2.39. The third kappa shape index (κ3) is 8.57. The SMILES string of the molecule is CCCCC(CC)COC(C)(CC)C(=O)CCCCCO. The molecular formula is C18H36O3. The van der Waals surface area contributed by atoms with Gasteiger partial charge in [-0.05, 0) is 38.5 Å². The van der Waals surface area contributed by atoms with Crippen LogP contribution < -0.4 is 0 Å². The van der Waals surface area contributed by atoms with Crippen LogP contribution in [0.2, 0.25) is 0 Å². The van der Waals surface area contributed by atoms with Gasteiger partial charge in [-0.1, -0.05) is 46.5 Å². The van der Waals surface area contributed by atoms with E-state index in [0.29, 0.717) is 18.9 Å². The predicted molar refractivity (Wildman–Crippen MR) is 88.5 cm³/mol. The lowest BCUT2D eigenvalue weighted by atomic mass is 9.92. The number of aliphatic hydroxyl groups is 1. The monoisotopic (exact) mass is 300 g/mol. The van der Waals surface area contributed by atoms with Crippen molar-refractivity contribution < 1.29 is 14.6 Å². The Bertz CT molecular complexity index is 265. The first-order valence-corrected chi connectivity index (χ1v) is 8.82. The number of unbranched alkanes of at least 4 members (excludes halogenated alkanes) is 3. The normalized spacial score (nSPS) is 15.7. The Labute approximate surface area is 131 Å². The summed E-state index contributed by atoms with van der Waals surface area (Å²) in [5.74, 6) is 0.784. The highest BCUT2D eigenvalue weighted by molar-refractivity contribution is 5.86. The maximum Gasteiger partial charge on any atom is 0.164 e. The van der Waals surface area contributed by atoms with Gasteiger partial charge in [0.25, 0.3) is 0 Å². The van der Waals surface area contributed by atoms with Gasteiger partial charge in [0.15, 0.2) is 5.78 Å². The first-order chi connectivity index (χ1) is 10.0. The molecule has 0 amide bonds. The predicted octanol–water partition coefficient (Wildman–Crippen LogP) is 4.51. The van der Waals surface area contributed by atoms with E-state index < -0.39 is 5.60 Å². The van der Waals surface area contributed by atoms with Gasteiger partial charge in [0.2, 0.25) is 0 Å². The smallest absolute Gasteiger partial charge is 0.164 e. The summed E-state index contributed by atoms with van der Waals surface area (Å²) in [4.78, 5) is 12.4. The summed E-state index contributed by atoms with van der Waals surface area (Å²) in [5, 5.41) is 8.77. The van der Waals surface area contributed by atoms with Gasteiger partial charge in [0.05, 0.1) is 6.61 Å². The van der Waals surface area contributed by atoms with Crippen LogP contribution in [0.25, 0.3) is 0 Å². The quantitative estimate of drug-likeness (QED) is 0.480. The van der Waals surface area contributed by atoms with Crippen LogP contribution in [-0.2, 0) is 9.53 Å². The first-order valence-electron chi connectivity index (χ1n) is 8.82. The fourth-order valence-electron chi connectivity index (χ4n) is 2.42. The molecule has 0 saturated carbocycles. The van der Waals surface area contributed by atoms with Gasteiger partial charge in [-0.25, -0.2) is 0 Å². The van der Waals surface area contributed by atoms with Crippen LogP contribution in [0.15, 0.2) is 0 Å². The molecule has 0 aromatic carbocycles. The average Bonchev–Trinajstić information content (AvgIpc) is 2.51. The van der Waals surface area contributed by atoms with Gasteiger partial charge in [-0.15, -0.1) is 0 Å². The standard InChI is InChI=1S/C18H36O3/c1-5-8-12-16(6-2)15-21-18(4,7-3)17(20)13-10-9-11-14-19/h16,19H,5-15H2,1-4H3. The minimum atomic E-state index is -0.626. The summed E-state index contributed by atoms with van der Waals surface area (Å²) in [6.45, 7) is 9.28. The summed E-state index contributed by atoms with van der Waals surface area (Å²) < 4.78 is 6.05. The minimum absolute atomic E-state index is 0.214. The van der Waals surface area contributed by atoms with Crippen LogP contribution in [0.3, 0.4) is 0 Å². The highest BCUT2D eigenvalue weighted by Gasteiger charge is 2.31. The molecule has 0 heterocycles. The zero-order chi connectivity index (χ0) is 16.1. The van der Waals surface area contributed by atoms with Crippen molar-refractivity contribution in [2.45, 2.75) is 91.1 Å². The van der Waals surface area contributed by atoms with Crippen molar-refractivity contribution in [3.8, 4) is 0 Å². The number of hydrogen-bond donors (Lipinski definition) is 1. The van der Waals surface area contributed by atoms with Gasteiger partial charge in [0, 0.05) is 13.0 Å². The molecule has 2 unspecified atom stereocenters. The largest absolute Gasteiger partial charge is 0.396 e. The summed E-state index contributed by atoms with van der Waals surface area (Å²) in [6, 6.07) is 0. The van der Waals surface area contributed by atoms with E-state index in [1.165, 1.54) is 19.3 Å². The van der Waals surface area contributed by atoms with Crippen molar-refractivity contribution in [2.75, 3.05) is 13.2 Å². The molecule has 0 aliphatic carbocycles. The second-order valence-electron chi connectivity index (χ2n) is 6.27. The molecule has 0 fully saturated rings. The lowest BCUT2D eigenvalue weighted by molar-refractivity contribution is -0.145. The molecule has 0 bridgehead atoms. The Balaban J connectivity index is 4.26. The zero-order valence-electron chi connectivity index (χ0n) is 14.6. The summed E-state index contributed by atoms with van der Waals surface area (Å²) in [7, 11) is 0. The number of carbonyl (C=O) groups excluding carboxylic acids is 1. The average molecular weight is 300 g/mol. The van der Waals surface area contributed by atoms with E-state index in [-0.39, 0.29) is 12.4 Å². The van der Waals surface area contributed by atoms with Gasteiger partial charge >= 0.3 is 0 Å². The molecule has 3 heteroatoms. The van der Waals surface area contributed by atoms with Crippen LogP contribution in [-0.4, -0.2) is 29.7 Å². The Morgan fingerprint density at radius 1 is 1.14 bits per heavy atom. The van der Waals surface area contributed by atoms with E-state index >= 15 is 0 Å². The molecule has 2 atom stereocenters. The lowest BCUT2D eigenvalue weighted by Gasteiger charge is -2.29. The maximum atomic E-state index is 12.4. The van der Waals surface area contributed by atoms with E-state index in [1.807, 2.05) is 13.8 Å². The van der Waals surface area contributed by atoms with E-state index in [2.05, 4.69) is 13.8 Å². The number of rotatable bonds is 14. The van der Waals surface area contributed by atoms with Crippen molar-refractivity contribution in [1.82, 2.24) is 0 Å². The molecule has 0 aromatic rings. The first kappa shape index (κ1) is 20.6. The number of aliphatic hydroxyl groups excluding tert-OH is 1. The van der Waals surface area contributed by atoms with Crippen molar-refractivity contribution in [3.63, 3.8) is 0 Å². The topological polar surface area (TPSA) is 46.5 Å². The molecule has 0 aromatic heterocycles. The van der Waals surface area contributed by atoms with Gasteiger partial charge < -0.3 is 9.84 Å². The van der Waals surface area contributed by atoms with Gasteiger partial charge in [0.1, 0.15) is 5.60 Å². The summed E-state index contributed by atoms with van der Waals surface area (Å²) in [5.41, 5.74) is -0.626. The summed E-state index contributed by atoms with van der Waals surface area (Å²) in [6.07, 6.45) is 8.60. The Hall–Kier alpha value is -0.410. The van der Waals surface area contributed by atoms with Crippen LogP contribution in [0.5, 0.6) is 0 Å². The summed E-state index contributed by atoms with van der Waals surface area (Å²) >= 11 is 0. The molecule has 1 N–H and O–H groups in total. The Morgan fingerprint density at radius 2 is 1.86 bits per heavy atom. The number of hydrogen-bond acceptors (Lipinski definition) is 3. The van der Waals surface area contributed by atoms with E-state index in [4.69, 9.17) is 9.84 Å². The van der Waals surface area contributed by atoms with Crippen molar-refractivity contribution in [3.05, 3.63) is 0 Å². The molecule has 126 valence electrons. The van der Waals surface area contributed by atoms with Crippen molar-refractivity contribution in [1.29, 1.82) is 0 Å². The highest BCUT2D eigenvalue weighted by atomic mass is 16.5. The molecule has 3 nitrogen and oxygen atoms in total. The third-order valence-corrected chi connectivity index (χ3v) is 4.51. The fourth-order valence-corrected chi connectivity index (χ4v) is 2.42. The zero-order valence-corrected chi connectivity index (χ0v) is 14.6.